The van der Waals surface area contributed by atoms with E-state index in [-0.39, 0.29) is 12.3 Å². The SMILES string of the molecule is Cc1ccc(C(CN)Oc2ccc(F)c(C(F)(F)F)c2)s1. The highest BCUT2D eigenvalue weighted by Gasteiger charge is 2.34. The van der Waals surface area contributed by atoms with Crippen LogP contribution in [-0.2, 0) is 6.18 Å². The Morgan fingerprint density at radius 1 is 1.24 bits per heavy atom. The molecule has 0 fully saturated rings. The van der Waals surface area contributed by atoms with Crippen molar-refractivity contribution in [2.24, 2.45) is 5.73 Å². The molecule has 2 N–H and O–H groups in total. The van der Waals surface area contributed by atoms with Crippen LogP contribution in [0.25, 0.3) is 0 Å². The zero-order valence-corrected chi connectivity index (χ0v) is 11.9. The fourth-order valence-corrected chi connectivity index (χ4v) is 2.73. The van der Waals surface area contributed by atoms with Crippen molar-refractivity contribution in [3.8, 4) is 5.75 Å². The Bertz CT molecular complexity index is 624. The van der Waals surface area contributed by atoms with Gasteiger partial charge in [-0.1, -0.05) is 0 Å². The van der Waals surface area contributed by atoms with E-state index < -0.39 is 23.7 Å². The second kappa shape index (κ2) is 6.03. The molecule has 1 atom stereocenters. The predicted octanol–water partition coefficient (Wildman–Crippen LogP) is 4.29. The number of nitrogens with two attached hydrogens (primary N) is 1. The number of rotatable bonds is 4. The average molecular weight is 319 g/mol. The summed E-state index contributed by atoms with van der Waals surface area (Å²) < 4.78 is 56.7. The number of aryl methyl sites for hydroxylation is 1. The van der Waals surface area contributed by atoms with Crippen molar-refractivity contribution in [1.82, 2.24) is 0 Å². The first-order valence-electron chi connectivity index (χ1n) is 6.11. The minimum atomic E-state index is -4.76. The smallest absolute Gasteiger partial charge is 0.419 e. The van der Waals surface area contributed by atoms with Gasteiger partial charge in [0.1, 0.15) is 17.7 Å². The van der Waals surface area contributed by atoms with E-state index in [1.165, 1.54) is 11.3 Å². The van der Waals surface area contributed by atoms with Crippen LogP contribution in [0, 0.1) is 12.7 Å². The average Bonchev–Trinajstić information content (AvgIpc) is 2.83. The molecule has 114 valence electrons. The van der Waals surface area contributed by atoms with Crippen LogP contribution in [-0.4, -0.2) is 6.54 Å². The van der Waals surface area contributed by atoms with Gasteiger partial charge in [-0.2, -0.15) is 13.2 Å². The zero-order chi connectivity index (χ0) is 15.6. The van der Waals surface area contributed by atoms with Crippen molar-refractivity contribution < 1.29 is 22.3 Å². The fourth-order valence-electron chi connectivity index (χ4n) is 1.81. The molecule has 0 radical (unpaired) electrons. The summed E-state index contributed by atoms with van der Waals surface area (Å²) in [4.78, 5) is 1.86. The van der Waals surface area contributed by atoms with Gasteiger partial charge in [-0.05, 0) is 37.3 Å². The molecule has 7 heteroatoms. The summed E-state index contributed by atoms with van der Waals surface area (Å²) in [7, 11) is 0. The third kappa shape index (κ3) is 3.74. The first-order chi connectivity index (χ1) is 9.81. The van der Waals surface area contributed by atoms with Gasteiger partial charge in [0, 0.05) is 16.3 Å². The summed E-state index contributed by atoms with van der Waals surface area (Å²) in [6.45, 7) is 2.01. The molecule has 0 amide bonds. The molecule has 21 heavy (non-hydrogen) atoms. The van der Waals surface area contributed by atoms with Crippen LogP contribution in [0.2, 0.25) is 0 Å². The van der Waals surface area contributed by atoms with Crippen LogP contribution < -0.4 is 10.5 Å². The lowest BCUT2D eigenvalue weighted by Crippen LogP contribution is -2.18. The fraction of sp³-hybridized carbons (Fsp3) is 0.286. The molecule has 0 aliphatic heterocycles. The van der Waals surface area contributed by atoms with E-state index in [0.717, 1.165) is 21.9 Å². The minimum absolute atomic E-state index is 0.0646. The molecule has 1 aromatic carbocycles. The summed E-state index contributed by atoms with van der Waals surface area (Å²) in [6.07, 6.45) is -5.32. The van der Waals surface area contributed by atoms with E-state index in [2.05, 4.69) is 0 Å². The van der Waals surface area contributed by atoms with E-state index in [4.69, 9.17) is 10.5 Å². The number of alkyl halides is 3. The van der Waals surface area contributed by atoms with Crippen LogP contribution in [0.4, 0.5) is 17.6 Å². The molecule has 0 saturated heterocycles. The third-order valence-electron chi connectivity index (χ3n) is 2.81. The number of thiophene rings is 1. The summed E-state index contributed by atoms with van der Waals surface area (Å²) in [5.74, 6) is -1.39. The van der Waals surface area contributed by atoms with E-state index in [1.54, 1.807) is 0 Å². The second-order valence-electron chi connectivity index (χ2n) is 4.43. The molecule has 0 spiro atoms. The molecule has 2 rings (SSSR count). The zero-order valence-electron chi connectivity index (χ0n) is 11.1. The Balaban J connectivity index is 2.26. The van der Waals surface area contributed by atoms with E-state index in [0.29, 0.717) is 6.07 Å². The lowest BCUT2D eigenvalue weighted by atomic mass is 10.2. The molecule has 0 bridgehead atoms. The Kier molecular flexibility index (Phi) is 4.53. The minimum Gasteiger partial charge on any atom is -0.484 e. The van der Waals surface area contributed by atoms with E-state index >= 15 is 0 Å². The summed E-state index contributed by atoms with van der Waals surface area (Å²) >= 11 is 1.45. The van der Waals surface area contributed by atoms with Gasteiger partial charge in [-0.15, -0.1) is 11.3 Å². The summed E-state index contributed by atoms with van der Waals surface area (Å²) in [5, 5.41) is 0. The first-order valence-corrected chi connectivity index (χ1v) is 6.92. The maximum Gasteiger partial charge on any atom is 0.419 e. The topological polar surface area (TPSA) is 35.2 Å². The molecule has 0 saturated carbocycles. The number of halogens is 4. The number of hydrogen-bond donors (Lipinski definition) is 1. The van der Waals surface area contributed by atoms with Crippen LogP contribution in [0.15, 0.2) is 30.3 Å². The highest BCUT2D eigenvalue weighted by atomic mass is 32.1. The third-order valence-corrected chi connectivity index (χ3v) is 3.91. The standard InChI is InChI=1S/C14H13F4NOS/c1-8-2-5-13(21-8)12(7-19)20-9-3-4-11(15)10(6-9)14(16,17)18/h2-6,12H,7,19H2,1H3. The Labute approximate surface area is 123 Å². The Morgan fingerprint density at radius 3 is 2.48 bits per heavy atom. The van der Waals surface area contributed by atoms with Gasteiger partial charge in [0.15, 0.2) is 0 Å². The monoisotopic (exact) mass is 319 g/mol. The maximum atomic E-state index is 13.2. The van der Waals surface area contributed by atoms with Gasteiger partial charge in [0.05, 0.1) is 5.56 Å². The molecule has 0 aliphatic carbocycles. The molecule has 1 heterocycles. The van der Waals surface area contributed by atoms with Gasteiger partial charge in [-0.25, -0.2) is 4.39 Å². The second-order valence-corrected chi connectivity index (χ2v) is 5.75. The first kappa shape index (κ1) is 15.8. The highest BCUT2D eigenvalue weighted by Crippen LogP contribution is 2.35. The maximum absolute atomic E-state index is 13.2. The summed E-state index contributed by atoms with van der Waals surface area (Å²) in [5.41, 5.74) is 4.25. The quantitative estimate of drug-likeness (QED) is 0.853. The van der Waals surface area contributed by atoms with Gasteiger partial charge < -0.3 is 10.5 Å². The predicted molar refractivity (Wildman–Crippen MR) is 72.9 cm³/mol. The Morgan fingerprint density at radius 2 is 1.95 bits per heavy atom. The van der Waals surface area contributed by atoms with Crippen molar-refractivity contribution in [1.29, 1.82) is 0 Å². The molecule has 2 aromatic rings. The number of hydrogen-bond acceptors (Lipinski definition) is 3. The van der Waals surface area contributed by atoms with Crippen LogP contribution in [0.5, 0.6) is 5.75 Å². The molecule has 0 aliphatic rings. The molecular weight excluding hydrogens is 306 g/mol. The van der Waals surface area contributed by atoms with E-state index in [9.17, 15) is 17.6 Å². The van der Waals surface area contributed by atoms with Crippen LogP contribution in [0.1, 0.15) is 21.4 Å². The highest BCUT2D eigenvalue weighted by molar-refractivity contribution is 7.12. The van der Waals surface area contributed by atoms with Crippen molar-refractivity contribution in [3.63, 3.8) is 0 Å². The molecule has 2 nitrogen and oxygen atoms in total. The van der Waals surface area contributed by atoms with Crippen molar-refractivity contribution in [3.05, 3.63) is 51.5 Å². The normalized spacial score (nSPS) is 13.2. The summed E-state index contributed by atoms with van der Waals surface area (Å²) in [6, 6.07) is 6.24. The van der Waals surface area contributed by atoms with Gasteiger partial charge in [-0.3, -0.25) is 0 Å². The van der Waals surface area contributed by atoms with Gasteiger partial charge in [0.2, 0.25) is 0 Å². The number of benzene rings is 1. The van der Waals surface area contributed by atoms with Gasteiger partial charge >= 0.3 is 6.18 Å². The lowest BCUT2D eigenvalue weighted by molar-refractivity contribution is -0.140. The molecule has 1 unspecified atom stereocenters. The van der Waals surface area contributed by atoms with Crippen LogP contribution in [0.3, 0.4) is 0 Å². The van der Waals surface area contributed by atoms with Crippen LogP contribution >= 0.6 is 11.3 Å². The molecular formula is C14H13F4NOS. The van der Waals surface area contributed by atoms with Crippen molar-refractivity contribution in [2.45, 2.75) is 19.2 Å². The molecule has 1 aromatic heterocycles. The Hall–Kier alpha value is -1.60. The number of ether oxygens (including phenoxy) is 1. The van der Waals surface area contributed by atoms with Crippen molar-refractivity contribution in [2.75, 3.05) is 6.54 Å². The lowest BCUT2D eigenvalue weighted by Gasteiger charge is -2.17. The largest absolute Gasteiger partial charge is 0.484 e. The van der Waals surface area contributed by atoms with E-state index in [1.807, 2.05) is 19.1 Å². The van der Waals surface area contributed by atoms with Crippen molar-refractivity contribution >= 4 is 11.3 Å². The van der Waals surface area contributed by atoms with Gasteiger partial charge in [0.25, 0.3) is 0 Å².